The fraction of sp³-hybridized carbons (Fsp3) is 0.600. The first-order valence-corrected chi connectivity index (χ1v) is 8.56. The molecule has 0 bridgehead atoms. The van der Waals surface area contributed by atoms with Crippen LogP contribution in [0.1, 0.15) is 45.1 Å². The monoisotopic (exact) mass is 296 g/mol. The molecule has 1 saturated carbocycles. The molecule has 0 spiro atoms. The molecular formula is C15H24N2O2S. The molecule has 0 amide bonds. The Labute approximate surface area is 121 Å². The van der Waals surface area contributed by atoms with Crippen molar-refractivity contribution in [2.45, 2.75) is 57.4 Å². The molecule has 1 aliphatic carbocycles. The third-order valence-electron chi connectivity index (χ3n) is 4.22. The number of anilines is 1. The van der Waals surface area contributed by atoms with Gasteiger partial charge in [0.2, 0.25) is 10.0 Å². The second kappa shape index (κ2) is 5.37. The number of rotatable bonds is 3. The van der Waals surface area contributed by atoms with Crippen molar-refractivity contribution in [3.63, 3.8) is 0 Å². The first-order chi connectivity index (χ1) is 9.20. The van der Waals surface area contributed by atoms with E-state index in [4.69, 9.17) is 5.73 Å². The van der Waals surface area contributed by atoms with Gasteiger partial charge in [-0.05, 0) is 55.7 Å². The zero-order valence-corrected chi connectivity index (χ0v) is 13.3. The van der Waals surface area contributed by atoms with Crippen LogP contribution in [0.4, 0.5) is 5.69 Å². The van der Waals surface area contributed by atoms with Crippen molar-refractivity contribution in [3.05, 3.63) is 23.8 Å². The van der Waals surface area contributed by atoms with E-state index in [9.17, 15) is 8.42 Å². The van der Waals surface area contributed by atoms with E-state index in [-0.39, 0.29) is 10.9 Å². The molecule has 1 aromatic rings. The molecule has 2 rings (SSSR count). The van der Waals surface area contributed by atoms with Crippen molar-refractivity contribution >= 4 is 15.7 Å². The Morgan fingerprint density at radius 1 is 1.25 bits per heavy atom. The molecule has 5 heteroatoms. The van der Waals surface area contributed by atoms with Crippen LogP contribution >= 0.6 is 0 Å². The minimum Gasteiger partial charge on any atom is -0.398 e. The van der Waals surface area contributed by atoms with E-state index in [2.05, 4.69) is 18.6 Å². The van der Waals surface area contributed by atoms with Gasteiger partial charge >= 0.3 is 0 Å². The maximum absolute atomic E-state index is 12.4. The highest BCUT2D eigenvalue weighted by Crippen LogP contribution is 2.35. The van der Waals surface area contributed by atoms with Crippen LogP contribution in [-0.4, -0.2) is 14.5 Å². The van der Waals surface area contributed by atoms with E-state index in [1.807, 2.05) is 6.92 Å². The summed E-state index contributed by atoms with van der Waals surface area (Å²) in [6.07, 6.45) is 3.90. The Morgan fingerprint density at radius 3 is 2.40 bits per heavy atom. The lowest BCUT2D eigenvalue weighted by atomic mass is 9.76. The van der Waals surface area contributed by atoms with Gasteiger partial charge in [0.15, 0.2) is 0 Å². The molecule has 0 atom stereocenters. The van der Waals surface area contributed by atoms with E-state index in [1.54, 1.807) is 12.1 Å². The van der Waals surface area contributed by atoms with Crippen molar-refractivity contribution in [2.75, 3.05) is 5.73 Å². The molecule has 0 heterocycles. The quantitative estimate of drug-likeness (QED) is 0.842. The lowest BCUT2D eigenvalue weighted by Gasteiger charge is -2.34. The predicted molar refractivity (Wildman–Crippen MR) is 81.9 cm³/mol. The molecule has 0 aromatic heterocycles. The standard InChI is InChI=1S/C15H24N2O2S/c1-11-4-5-13(10-14(11)16)20(18,19)17-12-6-8-15(2,3)9-7-12/h4-5,10,12,17H,6-9,16H2,1-3H3. The first-order valence-electron chi connectivity index (χ1n) is 7.08. The Morgan fingerprint density at radius 2 is 1.85 bits per heavy atom. The van der Waals surface area contributed by atoms with Crippen LogP contribution in [0.2, 0.25) is 0 Å². The van der Waals surface area contributed by atoms with Gasteiger partial charge in [-0.25, -0.2) is 13.1 Å². The fourth-order valence-corrected chi connectivity index (χ4v) is 3.93. The highest BCUT2D eigenvalue weighted by molar-refractivity contribution is 7.89. The van der Waals surface area contributed by atoms with E-state index in [0.717, 1.165) is 31.2 Å². The molecule has 0 unspecified atom stereocenters. The molecule has 1 aromatic carbocycles. The number of hydrogen-bond donors (Lipinski definition) is 2. The van der Waals surface area contributed by atoms with Crippen molar-refractivity contribution in [1.29, 1.82) is 0 Å². The zero-order valence-electron chi connectivity index (χ0n) is 12.4. The lowest BCUT2D eigenvalue weighted by Crippen LogP contribution is -2.39. The van der Waals surface area contributed by atoms with E-state index in [0.29, 0.717) is 11.1 Å². The Hall–Kier alpha value is -1.07. The van der Waals surface area contributed by atoms with Crippen LogP contribution in [0.3, 0.4) is 0 Å². The molecule has 0 saturated heterocycles. The van der Waals surface area contributed by atoms with Gasteiger partial charge in [0.05, 0.1) is 4.90 Å². The summed E-state index contributed by atoms with van der Waals surface area (Å²) in [7, 11) is -3.47. The van der Waals surface area contributed by atoms with Crippen molar-refractivity contribution in [1.82, 2.24) is 4.72 Å². The first kappa shape index (κ1) is 15.3. The second-order valence-corrected chi connectivity index (χ2v) is 8.29. The Bertz CT molecular complexity index is 584. The van der Waals surface area contributed by atoms with Crippen molar-refractivity contribution < 1.29 is 8.42 Å². The van der Waals surface area contributed by atoms with Crippen LogP contribution in [-0.2, 0) is 10.0 Å². The predicted octanol–water partition coefficient (Wildman–Crippen LogP) is 2.82. The molecule has 0 radical (unpaired) electrons. The lowest BCUT2D eigenvalue weighted by molar-refractivity contribution is 0.218. The largest absolute Gasteiger partial charge is 0.398 e. The van der Waals surface area contributed by atoms with E-state index < -0.39 is 10.0 Å². The topological polar surface area (TPSA) is 72.2 Å². The van der Waals surface area contributed by atoms with Gasteiger partial charge in [0.25, 0.3) is 0 Å². The average Bonchev–Trinajstić information content (AvgIpc) is 2.35. The summed E-state index contributed by atoms with van der Waals surface area (Å²) in [5, 5.41) is 0. The number of sulfonamides is 1. The van der Waals surface area contributed by atoms with Crippen LogP contribution < -0.4 is 10.5 Å². The smallest absolute Gasteiger partial charge is 0.240 e. The highest BCUT2D eigenvalue weighted by Gasteiger charge is 2.29. The Kier molecular flexibility index (Phi) is 4.12. The summed E-state index contributed by atoms with van der Waals surface area (Å²) in [5.41, 5.74) is 7.53. The SMILES string of the molecule is Cc1ccc(S(=O)(=O)NC2CCC(C)(C)CC2)cc1N. The number of nitrogens with one attached hydrogen (secondary N) is 1. The number of aryl methyl sites for hydroxylation is 1. The molecule has 0 aliphatic heterocycles. The van der Waals surface area contributed by atoms with Gasteiger partial charge in [0, 0.05) is 11.7 Å². The summed E-state index contributed by atoms with van der Waals surface area (Å²) in [5.74, 6) is 0. The molecule has 4 nitrogen and oxygen atoms in total. The van der Waals surface area contributed by atoms with Gasteiger partial charge in [-0.2, -0.15) is 0 Å². The molecule has 3 N–H and O–H groups in total. The van der Waals surface area contributed by atoms with Crippen molar-refractivity contribution in [3.8, 4) is 0 Å². The molecule has 1 aliphatic rings. The van der Waals surface area contributed by atoms with Crippen LogP contribution in [0, 0.1) is 12.3 Å². The minimum absolute atomic E-state index is 0.0375. The van der Waals surface area contributed by atoms with Gasteiger partial charge in [-0.1, -0.05) is 19.9 Å². The summed E-state index contributed by atoms with van der Waals surface area (Å²) >= 11 is 0. The number of hydrogen-bond acceptors (Lipinski definition) is 3. The van der Waals surface area contributed by atoms with Gasteiger partial charge in [0.1, 0.15) is 0 Å². The number of nitrogens with two attached hydrogens (primary N) is 1. The highest BCUT2D eigenvalue weighted by atomic mass is 32.2. The second-order valence-electron chi connectivity index (χ2n) is 6.58. The maximum atomic E-state index is 12.4. The van der Waals surface area contributed by atoms with E-state index in [1.165, 1.54) is 6.07 Å². The molecule has 112 valence electrons. The van der Waals surface area contributed by atoms with Crippen molar-refractivity contribution in [2.24, 2.45) is 5.41 Å². The number of nitrogen functional groups attached to an aromatic ring is 1. The molecular weight excluding hydrogens is 272 g/mol. The summed E-state index contributed by atoms with van der Waals surface area (Å²) in [6, 6.07) is 4.93. The Balaban J connectivity index is 2.10. The summed E-state index contributed by atoms with van der Waals surface area (Å²) in [6.45, 7) is 6.33. The zero-order chi connectivity index (χ0) is 15.0. The summed E-state index contributed by atoms with van der Waals surface area (Å²) in [4.78, 5) is 0.255. The molecule has 20 heavy (non-hydrogen) atoms. The fourth-order valence-electron chi connectivity index (χ4n) is 2.59. The van der Waals surface area contributed by atoms with Crippen LogP contribution in [0.5, 0.6) is 0 Å². The third kappa shape index (κ3) is 3.52. The normalized spacial score (nSPS) is 19.9. The van der Waals surface area contributed by atoms with Crippen LogP contribution in [0.25, 0.3) is 0 Å². The minimum atomic E-state index is -3.47. The summed E-state index contributed by atoms with van der Waals surface area (Å²) < 4.78 is 27.5. The van der Waals surface area contributed by atoms with Gasteiger partial charge in [-0.15, -0.1) is 0 Å². The van der Waals surface area contributed by atoms with Gasteiger partial charge in [-0.3, -0.25) is 0 Å². The average molecular weight is 296 g/mol. The third-order valence-corrected chi connectivity index (χ3v) is 5.74. The van der Waals surface area contributed by atoms with E-state index >= 15 is 0 Å². The van der Waals surface area contributed by atoms with Crippen LogP contribution in [0.15, 0.2) is 23.1 Å². The maximum Gasteiger partial charge on any atom is 0.240 e. The number of benzene rings is 1. The molecule has 1 fully saturated rings. The van der Waals surface area contributed by atoms with Gasteiger partial charge < -0.3 is 5.73 Å².